The zero-order chi connectivity index (χ0) is 25.9. The molecule has 10 heteroatoms. The van der Waals surface area contributed by atoms with Gasteiger partial charge in [-0.1, -0.05) is 18.9 Å². The molecule has 1 fully saturated rings. The molecule has 3 N–H and O–H groups in total. The number of amides is 1. The zero-order valence-corrected chi connectivity index (χ0v) is 20.6. The molecule has 5 rings (SSSR count). The molecule has 0 spiro atoms. The minimum atomic E-state index is -0.445. The van der Waals surface area contributed by atoms with Crippen LogP contribution in [0.5, 0.6) is 11.5 Å². The van der Waals surface area contributed by atoms with Gasteiger partial charge in [-0.3, -0.25) is 14.2 Å². The first-order chi connectivity index (χ1) is 17.9. The van der Waals surface area contributed by atoms with Gasteiger partial charge >= 0.3 is 0 Å². The van der Waals surface area contributed by atoms with Crippen LogP contribution >= 0.6 is 0 Å². The van der Waals surface area contributed by atoms with Crippen molar-refractivity contribution in [2.75, 3.05) is 10.6 Å². The lowest BCUT2D eigenvalue weighted by atomic mass is 9.93. The molecule has 4 aromatic rings. The number of carbonyl (C=O) groups is 1. The van der Waals surface area contributed by atoms with Crippen LogP contribution in [0, 0.1) is 0 Å². The monoisotopic (exact) mass is 500 g/mol. The Kier molecular flexibility index (Phi) is 6.82. The van der Waals surface area contributed by atoms with Crippen LogP contribution in [0.2, 0.25) is 0 Å². The average Bonchev–Trinajstić information content (AvgIpc) is 2.88. The van der Waals surface area contributed by atoms with Crippen molar-refractivity contribution in [3.8, 4) is 22.8 Å². The fraction of sp³-hybridized carbons (Fsp3) is 0.296. The Bertz CT molecular complexity index is 1520. The van der Waals surface area contributed by atoms with Gasteiger partial charge in [0.05, 0.1) is 28.9 Å². The predicted octanol–water partition coefficient (Wildman–Crippen LogP) is 3.86. The molecule has 2 atom stereocenters. The highest BCUT2D eigenvalue weighted by Gasteiger charge is 2.24. The molecular weight excluding hydrogens is 472 g/mol. The molecule has 1 aliphatic rings. The summed E-state index contributed by atoms with van der Waals surface area (Å²) in [6.45, 7) is 1.42. The summed E-state index contributed by atoms with van der Waals surface area (Å²) in [5.41, 5.74) is 1.39. The number of anilines is 2. The van der Waals surface area contributed by atoms with Gasteiger partial charge in [-0.2, -0.15) is 0 Å². The summed E-state index contributed by atoms with van der Waals surface area (Å²) >= 11 is 0. The normalized spacial score (nSPS) is 17.4. The van der Waals surface area contributed by atoms with Crippen molar-refractivity contribution in [1.82, 2.24) is 19.5 Å². The van der Waals surface area contributed by atoms with E-state index in [-0.39, 0.29) is 17.5 Å². The predicted molar refractivity (Wildman–Crippen MR) is 141 cm³/mol. The Morgan fingerprint density at radius 2 is 1.89 bits per heavy atom. The quantitative estimate of drug-likeness (QED) is 0.364. The molecule has 0 aliphatic heterocycles. The molecule has 1 saturated carbocycles. The fourth-order valence-electron chi connectivity index (χ4n) is 4.48. The van der Waals surface area contributed by atoms with Crippen molar-refractivity contribution in [3.05, 3.63) is 65.2 Å². The average molecular weight is 501 g/mol. The van der Waals surface area contributed by atoms with Crippen LogP contribution in [0.3, 0.4) is 0 Å². The third-order valence-electron chi connectivity index (χ3n) is 6.42. The van der Waals surface area contributed by atoms with Crippen molar-refractivity contribution in [3.63, 3.8) is 0 Å². The second-order valence-corrected chi connectivity index (χ2v) is 9.17. The number of nitrogens with zero attached hydrogens (tertiary/aromatic N) is 4. The van der Waals surface area contributed by atoms with E-state index in [1.54, 1.807) is 37.5 Å². The maximum atomic E-state index is 13.1. The summed E-state index contributed by atoms with van der Waals surface area (Å²) in [6.07, 6.45) is 6.28. The highest BCUT2D eigenvalue weighted by Crippen LogP contribution is 2.28. The van der Waals surface area contributed by atoms with E-state index in [0.717, 1.165) is 31.1 Å². The van der Waals surface area contributed by atoms with E-state index < -0.39 is 6.10 Å². The number of fused-ring (bicyclic) bond motifs is 1. The molecule has 37 heavy (non-hydrogen) atoms. The number of aliphatic hydroxyl groups excluding tert-OH is 1. The summed E-state index contributed by atoms with van der Waals surface area (Å²) < 4.78 is 7.40. The maximum absolute atomic E-state index is 13.1. The van der Waals surface area contributed by atoms with E-state index in [9.17, 15) is 14.7 Å². The van der Waals surface area contributed by atoms with Crippen LogP contribution < -0.4 is 20.9 Å². The van der Waals surface area contributed by atoms with Gasteiger partial charge in [0.2, 0.25) is 11.9 Å². The van der Waals surface area contributed by atoms with E-state index in [0.29, 0.717) is 40.0 Å². The molecule has 0 bridgehead atoms. The number of hydrogen-bond acceptors (Lipinski definition) is 8. The first-order valence-corrected chi connectivity index (χ1v) is 12.2. The molecule has 3 heterocycles. The Morgan fingerprint density at radius 1 is 1.08 bits per heavy atom. The number of ether oxygens (including phenoxy) is 1. The number of nitrogens with one attached hydrogen (secondary N) is 2. The summed E-state index contributed by atoms with van der Waals surface area (Å²) in [5, 5.41) is 17.0. The zero-order valence-electron chi connectivity index (χ0n) is 20.6. The van der Waals surface area contributed by atoms with Gasteiger partial charge in [0.1, 0.15) is 17.3 Å². The van der Waals surface area contributed by atoms with Gasteiger partial charge in [0.25, 0.3) is 5.56 Å². The first kappa shape index (κ1) is 24.4. The number of carbonyl (C=O) groups excluding carboxylic acids is 1. The first-order valence-electron chi connectivity index (χ1n) is 12.2. The van der Waals surface area contributed by atoms with Crippen LogP contribution in [-0.4, -0.2) is 42.7 Å². The van der Waals surface area contributed by atoms with Crippen molar-refractivity contribution in [2.24, 2.45) is 7.05 Å². The van der Waals surface area contributed by atoms with Crippen LogP contribution in [0.1, 0.15) is 32.6 Å². The maximum Gasteiger partial charge on any atom is 0.264 e. The minimum absolute atomic E-state index is 0.114. The van der Waals surface area contributed by atoms with Gasteiger partial charge in [-0.05, 0) is 43.2 Å². The van der Waals surface area contributed by atoms with Crippen molar-refractivity contribution in [2.45, 2.75) is 44.8 Å². The number of aromatic nitrogens is 4. The fourth-order valence-corrected chi connectivity index (χ4v) is 4.48. The number of pyridine rings is 2. The van der Waals surface area contributed by atoms with Gasteiger partial charge in [0.15, 0.2) is 0 Å². The van der Waals surface area contributed by atoms with Crippen LogP contribution in [0.15, 0.2) is 59.7 Å². The lowest BCUT2D eigenvalue weighted by Crippen LogP contribution is -2.38. The third-order valence-corrected chi connectivity index (χ3v) is 6.42. The molecule has 0 unspecified atom stereocenters. The Balaban J connectivity index is 1.37. The summed E-state index contributed by atoms with van der Waals surface area (Å²) in [4.78, 5) is 37.6. The van der Waals surface area contributed by atoms with E-state index >= 15 is 0 Å². The van der Waals surface area contributed by atoms with Crippen molar-refractivity contribution in [1.29, 1.82) is 0 Å². The van der Waals surface area contributed by atoms with Gasteiger partial charge in [-0.25, -0.2) is 15.0 Å². The minimum Gasteiger partial charge on any atom is -0.457 e. The SMILES string of the molecule is CC(=O)Nc1cc(Oc2ccc3nc(-c4cnc(N[C@@H]5CCCC[C@H]5O)n(C)c4=O)ccc3c2)ccn1. The van der Waals surface area contributed by atoms with Gasteiger partial charge < -0.3 is 20.5 Å². The molecule has 1 amide bonds. The van der Waals surface area contributed by atoms with E-state index in [4.69, 9.17) is 4.74 Å². The molecular formula is C27H28N6O4. The highest BCUT2D eigenvalue weighted by atomic mass is 16.5. The Morgan fingerprint density at radius 3 is 2.70 bits per heavy atom. The largest absolute Gasteiger partial charge is 0.457 e. The molecule has 0 radical (unpaired) electrons. The number of hydrogen-bond donors (Lipinski definition) is 3. The molecule has 1 aliphatic carbocycles. The Labute approximate surface area is 213 Å². The second-order valence-electron chi connectivity index (χ2n) is 9.17. The molecule has 1 aromatic carbocycles. The van der Waals surface area contributed by atoms with Crippen LogP contribution in [0.4, 0.5) is 11.8 Å². The molecule has 10 nitrogen and oxygen atoms in total. The second kappa shape index (κ2) is 10.4. The number of benzene rings is 1. The van der Waals surface area contributed by atoms with Gasteiger partial charge in [0, 0.05) is 37.8 Å². The third kappa shape index (κ3) is 5.44. The smallest absolute Gasteiger partial charge is 0.264 e. The summed E-state index contributed by atoms with van der Waals surface area (Å²) in [6, 6.07) is 12.4. The Hall–Kier alpha value is -4.31. The van der Waals surface area contributed by atoms with Crippen molar-refractivity contribution >= 4 is 28.6 Å². The van der Waals surface area contributed by atoms with Crippen molar-refractivity contribution < 1.29 is 14.6 Å². The lowest BCUT2D eigenvalue weighted by molar-refractivity contribution is -0.114. The van der Waals surface area contributed by atoms with E-state index in [2.05, 4.69) is 25.6 Å². The van der Waals surface area contributed by atoms with E-state index in [1.807, 2.05) is 18.2 Å². The summed E-state index contributed by atoms with van der Waals surface area (Å²) in [5.74, 6) is 1.76. The van der Waals surface area contributed by atoms with Gasteiger partial charge in [-0.15, -0.1) is 0 Å². The molecule has 190 valence electrons. The number of rotatable bonds is 6. The molecule has 3 aromatic heterocycles. The lowest BCUT2D eigenvalue weighted by Gasteiger charge is -2.29. The topological polar surface area (TPSA) is 131 Å². The standard InChI is InChI=1S/C27H28N6O4/c1-16(34)30-25-14-19(11-12-28-25)37-18-8-10-21-17(13-18)7-9-22(31-21)20-15-29-27(33(2)26(20)36)32-23-5-3-4-6-24(23)35/h7-15,23-24,35H,3-6H2,1-2H3,(H,29,32)(H,28,30,34)/t23-,24-/m1/s1. The van der Waals surface area contributed by atoms with Crippen LogP contribution in [-0.2, 0) is 11.8 Å². The molecule has 0 saturated heterocycles. The number of aliphatic hydroxyl groups is 1. The highest BCUT2D eigenvalue weighted by molar-refractivity contribution is 5.87. The van der Waals surface area contributed by atoms with E-state index in [1.165, 1.54) is 17.7 Å². The summed E-state index contributed by atoms with van der Waals surface area (Å²) in [7, 11) is 1.66. The van der Waals surface area contributed by atoms with Crippen LogP contribution in [0.25, 0.3) is 22.2 Å².